The highest BCUT2D eigenvalue weighted by molar-refractivity contribution is 7.89. The van der Waals surface area contributed by atoms with Crippen molar-refractivity contribution in [2.45, 2.75) is 17.7 Å². The standard InChI is InChI=1S/C20H20N4O5S2/c25-18(22-20-24-23-19(30-20)14-5-2-1-3-6-14)9-10-21-31(26,27)15-7-8-16-17(13-15)29-12-4-11-28-16/h1-3,5-8,13,21H,4,9-12H2,(H,22,24,25). The molecule has 2 N–H and O–H groups in total. The molecule has 31 heavy (non-hydrogen) atoms. The quantitative estimate of drug-likeness (QED) is 0.556. The highest BCUT2D eigenvalue weighted by atomic mass is 32.2. The smallest absolute Gasteiger partial charge is 0.240 e. The lowest BCUT2D eigenvalue weighted by Crippen LogP contribution is -2.27. The highest BCUT2D eigenvalue weighted by Crippen LogP contribution is 2.32. The zero-order chi connectivity index (χ0) is 21.7. The predicted molar refractivity (Wildman–Crippen MR) is 116 cm³/mol. The molecule has 1 aliphatic heterocycles. The second-order valence-corrected chi connectivity index (χ2v) is 9.38. The molecule has 2 aromatic carbocycles. The number of hydrogen-bond donors (Lipinski definition) is 2. The van der Waals surface area contributed by atoms with Gasteiger partial charge in [0.05, 0.1) is 18.1 Å². The Morgan fingerprint density at radius 2 is 1.81 bits per heavy atom. The van der Waals surface area contributed by atoms with Crippen LogP contribution in [0.15, 0.2) is 53.4 Å². The van der Waals surface area contributed by atoms with E-state index < -0.39 is 10.0 Å². The molecule has 9 nitrogen and oxygen atoms in total. The van der Waals surface area contributed by atoms with Crippen molar-refractivity contribution in [2.75, 3.05) is 25.1 Å². The van der Waals surface area contributed by atoms with Crippen LogP contribution in [0.4, 0.5) is 5.13 Å². The van der Waals surface area contributed by atoms with Crippen molar-refractivity contribution in [3.63, 3.8) is 0 Å². The van der Waals surface area contributed by atoms with Gasteiger partial charge in [-0.1, -0.05) is 41.7 Å². The number of carbonyl (C=O) groups excluding carboxylic acids is 1. The molecule has 0 unspecified atom stereocenters. The number of ether oxygens (including phenoxy) is 2. The number of carbonyl (C=O) groups is 1. The summed E-state index contributed by atoms with van der Waals surface area (Å²) >= 11 is 1.25. The van der Waals surface area contributed by atoms with Crippen LogP contribution in [-0.4, -0.2) is 44.3 Å². The highest BCUT2D eigenvalue weighted by Gasteiger charge is 2.19. The number of benzene rings is 2. The molecular weight excluding hydrogens is 440 g/mol. The Balaban J connectivity index is 1.31. The monoisotopic (exact) mass is 460 g/mol. The van der Waals surface area contributed by atoms with Crippen molar-refractivity contribution >= 4 is 32.4 Å². The van der Waals surface area contributed by atoms with Gasteiger partial charge in [0.2, 0.25) is 21.1 Å². The van der Waals surface area contributed by atoms with Crippen LogP contribution in [0.2, 0.25) is 0 Å². The van der Waals surface area contributed by atoms with Gasteiger partial charge in [0, 0.05) is 31.0 Å². The summed E-state index contributed by atoms with van der Waals surface area (Å²) in [4.78, 5) is 12.2. The first-order valence-corrected chi connectivity index (χ1v) is 11.9. The molecule has 1 aliphatic rings. The van der Waals surface area contributed by atoms with Crippen molar-refractivity contribution in [1.82, 2.24) is 14.9 Å². The summed E-state index contributed by atoms with van der Waals surface area (Å²) in [6.45, 7) is 0.919. The van der Waals surface area contributed by atoms with Crippen LogP contribution in [0.1, 0.15) is 12.8 Å². The maximum atomic E-state index is 12.5. The molecule has 11 heteroatoms. The molecule has 0 saturated carbocycles. The van der Waals surface area contributed by atoms with E-state index >= 15 is 0 Å². The predicted octanol–water partition coefficient (Wildman–Crippen LogP) is 2.67. The van der Waals surface area contributed by atoms with Crippen molar-refractivity contribution in [1.29, 1.82) is 0 Å². The van der Waals surface area contributed by atoms with Gasteiger partial charge in [-0.05, 0) is 12.1 Å². The molecule has 0 aliphatic carbocycles. The number of fused-ring (bicyclic) bond motifs is 1. The number of nitrogens with zero attached hydrogens (tertiary/aromatic N) is 2. The summed E-state index contributed by atoms with van der Waals surface area (Å²) in [5, 5.41) is 11.7. The minimum Gasteiger partial charge on any atom is -0.490 e. The largest absolute Gasteiger partial charge is 0.490 e. The van der Waals surface area contributed by atoms with Gasteiger partial charge < -0.3 is 14.8 Å². The number of amides is 1. The average molecular weight is 461 g/mol. The van der Waals surface area contributed by atoms with Gasteiger partial charge in [0.25, 0.3) is 0 Å². The number of anilines is 1. The van der Waals surface area contributed by atoms with E-state index in [2.05, 4.69) is 20.2 Å². The number of sulfonamides is 1. The molecule has 0 radical (unpaired) electrons. The zero-order valence-corrected chi connectivity index (χ0v) is 18.0. The molecule has 2 heterocycles. The number of rotatable bonds is 7. The summed E-state index contributed by atoms with van der Waals surface area (Å²) in [7, 11) is -3.80. The lowest BCUT2D eigenvalue weighted by atomic mass is 10.2. The summed E-state index contributed by atoms with van der Waals surface area (Å²) < 4.78 is 38.6. The lowest BCUT2D eigenvalue weighted by molar-refractivity contribution is -0.116. The first-order chi connectivity index (χ1) is 15.0. The Morgan fingerprint density at radius 1 is 1.03 bits per heavy atom. The molecule has 4 rings (SSSR count). The van der Waals surface area contributed by atoms with E-state index in [-0.39, 0.29) is 23.8 Å². The number of hydrogen-bond acceptors (Lipinski definition) is 8. The minimum absolute atomic E-state index is 0.0498. The van der Waals surface area contributed by atoms with Crippen molar-refractivity contribution < 1.29 is 22.7 Å². The molecular formula is C20H20N4O5S2. The van der Waals surface area contributed by atoms with Crippen LogP contribution in [0, 0.1) is 0 Å². The minimum atomic E-state index is -3.80. The topological polar surface area (TPSA) is 120 Å². The van der Waals surface area contributed by atoms with Gasteiger partial charge in [-0.25, -0.2) is 13.1 Å². The van der Waals surface area contributed by atoms with E-state index in [1.54, 1.807) is 6.07 Å². The molecule has 3 aromatic rings. The van der Waals surface area contributed by atoms with Gasteiger partial charge in [-0.15, -0.1) is 10.2 Å². The molecule has 1 amide bonds. The van der Waals surface area contributed by atoms with Crippen LogP contribution in [0.25, 0.3) is 10.6 Å². The zero-order valence-electron chi connectivity index (χ0n) is 16.4. The van der Waals surface area contributed by atoms with Gasteiger partial charge >= 0.3 is 0 Å². The molecule has 0 saturated heterocycles. The fourth-order valence-electron chi connectivity index (χ4n) is 2.85. The van der Waals surface area contributed by atoms with Crippen LogP contribution < -0.4 is 19.5 Å². The Kier molecular flexibility index (Phi) is 6.44. The Labute approximate surface area is 183 Å². The van der Waals surface area contributed by atoms with E-state index in [1.165, 1.54) is 23.5 Å². The first kappa shape index (κ1) is 21.2. The van der Waals surface area contributed by atoms with E-state index in [1.807, 2.05) is 30.3 Å². The second-order valence-electron chi connectivity index (χ2n) is 6.63. The molecule has 0 spiro atoms. The molecule has 0 atom stereocenters. The van der Waals surface area contributed by atoms with Crippen LogP contribution in [-0.2, 0) is 14.8 Å². The van der Waals surface area contributed by atoms with Crippen LogP contribution >= 0.6 is 11.3 Å². The van der Waals surface area contributed by atoms with E-state index in [0.29, 0.717) is 34.9 Å². The fraction of sp³-hybridized carbons (Fsp3) is 0.250. The molecule has 162 valence electrons. The second kappa shape index (κ2) is 9.41. The summed E-state index contributed by atoms with van der Waals surface area (Å²) in [5.74, 6) is 0.545. The van der Waals surface area contributed by atoms with Gasteiger partial charge in [0.1, 0.15) is 5.01 Å². The van der Waals surface area contributed by atoms with Crippen molar-refractivity contribution in [3.8, 4) is 22.1 Å². The third-order valence-electron chi connectivity index (χ3n) is 4.37. The average Bonchev–Trinajstić information content (AvgIpc) is 3.09. The van der Waals surface area contributed by atoms with Crippen LogP contribution in [0.5, 0.6) is 11.5 Å². The SMILES string of the molecule is O=C(CCNS(=O)(=O)c1ccc2c(c1)OCCCO2)Nc1nnc(-c2ccccc2)s1. The van der Waals surface area contributed by atoms with E-state index in [4.69, 9.17) is 9.47 Å². The van der Waals surface area contributed by atoms with Crippen LogP contribution in [0.3, 0.4) is 0 Å². The normalized spacial score (nSPS) is 13.4. The third-order valence-corrected chi connectivity index (χ3v) is 6.71. The molecule has 0 bridgehead atoms. The third kappa shape index (κ3) is 5.37. The number of aromatic nitrogens is 2. The number of nitrogens with one attached hydrogen (secondary N) is 2. The fourth-order valence-corrected chi connectivity index (χ4v) is 4.66. The first-order valence-electron chi connectivity index (χ1n) is 9.59. The van der Waals surface area contributed by atoms with E-state index in [0.717, 1.165) is 12.0 Å². The summed E-state index contributed by atoms with van der Waals surface area (Å²) in [5.41, 5.74) is 0.906. The van der Waals surface area contributed by atoms with Gasteiger partial charge in [0.15, 0.2) is 11.5 Å². The summed E-state index contributed by atoms with van der Waals surface area (Å²) in [6.07, 6.45) is 0.676. The maximum absolute atomic E-state index is 12.5. The van der Waals surface area contributed by atoms with E-state index in [9.17, 15) is 13.2 Å². The van der Waals surface area contributed by atoms with Gasteiger partial charge in [-0.3, -0.25) is 4.79 Å². The maximum Gasteiger partial charge on any atom is 0.240 e. The van der Waals surface area contributed by atoms with Crippen molar-refractivity contribution in [2.24, 2.45) is 0 Å². The summed E-state index contributed by atoms with van der Waals surface area (Å²) in [6, 6.07) is 13.9. The van der Waals surface area contributed by atoms with Crippen molar-refractivity contribution in [3.05, 3.63) is 48.5 Å². The molecule has 0 fully saturated rings. The Bertz CT molecular complexity index is 1170. The van der Waals surface area contributed by atoms with Gasteiger partial charge in [-0.2, -0.15) is 0 Å². The Morgan fingerprint density at radius 3 is 2.61 bits per heavy atom. The lowest BCUT2D eigenvalue weighted by Gasteiger charge is -2.10. The molecule has 1 aromatic heterocycles. The Hall–Kier alpha value is -3.02.